The third-order valence-electron chi connectivity index (χ3n) is 2.48. The van der Waals surface area contributed by atoms with Gasteiger partial charge in [0.25, 0.3) is 10.1 Å². The fraction of sp³-hybridized carbons (Fsp3) is 0.900. The van der Waals surface area contributed by atoms with Gasteiger partial charge in [-0.1, -0.05) is 19.8 Å². The second-order valence-corrected chi connectivity index (χ2v) is 5.68. The zero-order chi connectivity index (χ0) is 11.3. The van der Waals surface area contributed by atoms with E-state index in [1.165, 1.54) is 0 Å². The summed E-state index contributed by atoms with van der Waals surface area (Å²) in [7, 11) is -3.41. The molecule has 0 aromatic heterocycles. The average Bonchev–Trinajstić information content (AvgIpc) is 2.50. The van der Waals surface area contributed by atoms with Gasteiger partial charge in [-0.25, -0.2) is 0 Å². The molecule has 0 N–H and O–H groups in total. The van der Waals surface area contributed by atoms with Crippen LogP contribution < -0.4 is 0 Å². The SMILES string of the molecule is CCCCCS(=O)(=O)OC1CCC(=O)C1. The van der Waals surface area contributed by atoms with Crippen LogP contribution in [0.15, 0.2) is 0 Å². The molecule has 0 aromatic rings. The zero-order valence-electron chi connectivity index (χ0n) is 9.07. The normalized spacial score (nSPS) is 22.2. The van der Waals surface area contributed by atoms with Gasteiger partial charge in [-0.15, -0.1) is 0 Å². The third kappa shape index (κ3) is 4.75. The molecule has 1 fully saturated rings. The molecule has 0 heterocycles. The van der Waals surface area contributed by atoms with E-state index in [0.717, 1.165) is 12.8 Å². The first-order chi connectivity index (χ1) is 7.03. The first-order valence-corrected chi connectivity index (χ1v) is 7.04. The van der Waals surface area contributed by atoms with Gasteiger partial charge in [-0.05, 0) is 12.8 Å². The van der Waals surface area contributed by atoms with E-state index in [1.807, 2.05) is 6.92 Å². The largest absolute Gasteiger partial charge is 0.300 e. The van der Waals surface area contributed by atoms with Crippen molar-refractivity contribution in [3.63, 3.8) is 0 Å². The molecule has 0 radical (unpaired) electrons. The fourth-order valence-electron chi connectivity index (χ4n) is 1.65. The molecule has 1 atom stereocenters. The number of carbonyl (C=O) groups is 1. The van der Waals surface area contributed by atoms with E-state index < -0.39 is 16.2 Å². The highest BCUT2D eigenvalue weighted by molar-refractivity contribution is 7.86. The van der Waals surface area contributed by atoms with Crippen molar-refractivity contribution in [3.05, 3.63) is 0 Å². The molecule has 1 aliphatic carbocycles. The molecule has 1 aliphatic rings. The number of hydrogen-bond donors (Lipinski definition) is 0. The smallest absolute Gasteiger partial charge is 0.267 e. The Morgan fingerprint density at radius 1 is 1.40 bits per heavy atom. The Bertz CT molecular complexity index is 307. The Labute approximate surface area is 91.1 Å². The monoisotopic (exact) mass is 234 g/mol. The van der Waals surface area contributed by atoms with Crippen LogP contribution in [0.4, 0.5) is 0 Å². The first kappa shape index (κ1) is 12.6. The van der Waals surface area contributed by atoms with Crippen molar-refractivity contribution >= 4 is 15.9 Å². The first-order valence-electron chi connectivity index (χ1n) is 5.46. The standard InChI is InChI=1S/C10H18O4S/c1-2-3-4-7-15(12,13)14-10-6-5-9(11)8-10/h10H,2-8H2,1H3. The van der Waals surface area contributed by atoms with Gasteiger partial charge in [-0.2, -0.15) is 8.42 Å². The lowest BCUT2D eigenvalue weighted by Gasteiger charge is -2.09. The Hall–Kier alpha value is -0.420. The van der Waals surface area contributed by atoms with Crippen molar-refractivity contribution < 1.29 is 17.4 Å². The minimum Gasteiger partial charge on any atom is -0.300 e. The highest BCUT2D eigenvalue weighted by Crippen LogP contribution is 2.20. The summed E-state index contributed by atoms with van der Waals surface area (Å²) < 4.78 is 27.8. The molecule has 1 rings (SSSR count). The third-order valence-corrected chi connectivity index (χ3v) is 3.84. The number of ketones is 1. The van der Waals surface area contributed by atoms with E-state index in [1.54, 1.807) is 0 Å². The summed E-state index contributed by atoms with van der Waals surface area (Å²) in [5.74, 6) is 0.176. The van der Waals surface area contributed by atoms with Crippen molar-refractivity contribution in [1.29, 1.82) is 0 Å². The van der Waals surface area contributed by atoms with Crippen molar-refractivity contribution in [2.45, 2.75) is 51.6 Å². The van der Waals surface area contributed by atoms with Crippen LogP contribution in [-0.2, 0) is 19.1 Å². The predicted molar refractivity (Wildman–Crippen MR) is 57.0 cm³/mol. The number of carbonyl (C=O) groups excluding carboxylic acids is 1. The van der Waals surface area contributed by atoms with Gasteiger partial charge < -0.3 is 0 Å². The fourth-order valence-corrected chi connectivity index (χ4v) is 2.88. The van der Waals surface area contributed by atoms with E-state index in [2.05, 4.69) is 0 Å². The minimum atomic E-state index is -3.41. The van der Waals surface area contributed by atoms with Gasteiger partial charge >= 0.3 is 0 Å². The van der Waals surface area contributed by atoms with Crippen molar-refractivity contribution in [2.24, 2.45) is 0 Å². The molecular weight excluding hydrogens is 216 g/mol. The van der Waals surface area contributed by atoms with Crippen molar-refractivity contribution in [1.82, 2.24) is 0 Å². The van der Waals surface area contributed by atoms with Gasteiger partial charge in [0.15, 0.2) is 0 Å². The summed E-state index contributed by atoms with van der Waals surface area (Å²) in [6.45, 7) is 2.02. The highest BCUT2D eigenvalue weighted by Gasteiger charge is 2.27. The van der Waals surface area contributed by atoms with Gasteiger partial charge in [0.05, 0.1) is 11.9 Å². The number of unbranched alkanes of at least 4 members (excludes halogenated alkanes) is 2. The Balaban J connectivity index is 2.32. The maximum Gasteiger partial charge on any atom is 0.267 e. The van der Waals surface area contributed by atoms with Crippen LogP contribution >= 0.6 is 0 Å². The van der Waals surface area contributed by atoms with E-state index in [-0.39, 0.29) is 18.0 Å². The molecule has 0 aliphatic heterocycles. The maximum atomic E-state index is 11.4. The Kier molecular flexibility index (Phi) is 4.73. The topological polar surface area (TPSA) is 60.4 Å². The van der Waals surface area contributed by atoms with Crippen LogP contribution in [0, 0.1) is 0 Å². The van der Waals surface area contributed by atoms with Crippen LogP contribution in [-0.4, -0.2) is 26.1 Å². The summed E-state index contributed by atoms with van der Waals surface area (Å²) in [5.41, 5.74) is 0. The molecule has 0 spiro atoms. The molecule has 0 amide bonds. The summed E-state index contributed by atoms with van der Waals surface area (Å²) in [6.07, 6.45) is 3.38. The number of hydrogen-bond acceptors (Lipinski definition) is 4. The molecule has 1 saturated carbocycles. The zero-order valence-corrected chi connectivity index (χ0v) is 9.88. The Morgan fingerprint density at radius 2 is 2.13 bits per heavy atom. The molecule has 15 heavy (non-hydrogen) atoms. The lowest BCUT2D eigenvalue weighted by atomic mass is 10.3. The lowest BCUT2D eigenvalue weighted by Crippen LogP contribution is -2.18. The Morgan fingerprint density at radius 3 is 2.67 bits per heavy atom. The highest BCUT2D eigenvalue weighted by atomic mass is 32.2. The molecule has 0 bridgehead atoms. The molecule has 0 aromatic carbocycles. The van der Waals surface area contributed by atoms with Gasteiger partial charge in [0.1, 0.15) is 5.78 Å². The summed E-state index contributed by atoms with van der Waals surface area (Å²) in [6, 6.07) is 0. The van der Waals surface area contributed by atoms with Crippen LogP contribution in [0.1, 0.15) is 45.4 Å². The summed E-state index contributed by atoms with van der Waals surface area (Å²) in [5, 5.41) is 0. The van der Waals surface area contributed by atoms with E-state index in [9.17, 15) is 13.2 Å². The van der Waals surface area contributed by atoms with E-state index >= 15 is 0 Å². The second kappa shape index (κ2) is 5.61. The average molecular weight is 234 g/mol. The van der Waals surface area contributed by atoms with Gasteiger partial charge in [-0.3, -0.25) is 8.98 Å². The van der Waals surface area contributed by atoms with Crippen LogP contribution in [0.2, 0.25) is 0 Å². The minimum absolute atomic E-state index is 0.0749. The van der Waals surface area contributed by atoms with Crippen LogP contribution in [0.25, 0.3) is 0 Å². The molecular formula is C10H18O4S. The van der Waals surface area contributed by atoms with Gasteiger partial charge in [0.2, 0.25) is 0 Å². The van der Waals surface area contributed by atoms with Gasteiger partial charge in [0, 0.05) is 12.8 Å². The number of Topliss-reactive ketones (excluding diaryl/α,β-unsaturated/α-hetero) is 1. The molecule has 5 heteroatoms. The maximum absolute atomic E-state index is 11.4. The summed E-state index contributed by atoms with van der Waals surface area (Å²) >= 11 is 0. The second-order valence-electron chi connectivity index (χ2n) is 3.97. The van der Waals surface area contributed by atoms with Crippen LogP contribution in [0.5, 0.6) is 0 Å². The quantitative estimate of drug-likeness (QED) is 0.518. The van der Waals surface area contributed by atoms with E-state index in [0.29, 0.717) is 19.3 Å². The molecule has 4 nitrogen and oxygen atoms in total. The molecule has 88 valence electrons. The van der Waals surface area contributed by atoms with Crippen molar-refractivity contribution in [3.8, 4) is 0 Å². The summed E-state index contributed by atoms with van der Waals surface area (Å²) in [4.78, 5) is 10.9. The number of rotatable bonds is 6. The van der Waals surface area contributed by atoms with Crippen molar-refractivity contribution in [2.75, 3.05) is 5.75 Å². The molecule has 0 saturated heterocycles. The van der Waals surface area contributed by atoms with Crippen LogP contribution in [0.3, 0.4) is 0 Å². The predicted octanol–water partition coefficient (Wildman–Crippen LogP) is 1.64. The lowest BCUT2D eigenvalue weighted by molar-refractivity contribution is -0.117. The molecule has 1 unspecified atom stereocenters. The van der Waals surface area contributed by atoms with E-state index in [4.69, 9.17) is 4.18 Å².